The molecule has 1 aromatic carbocycles. The van der Waals surface area contributed by atoms with Crippen molar-refractivity contribution < 1.29 is 15.0 Å². The van der Waals surface area contributed by atoms with Crippen molar-refractivity contribution in [3.05, 3.63) is 29.3 Å². The Balaban J connectivity index is 2.04. The Morgan fingerprint density at radius 2 is 2.06 bits per heavy atom. The third-order valence-electron chi connectivity index (χ3n) is 3.50. The average molecular weight is 249 g/mol. The molecule has 1 amide bonds. The molecule has 0 heterocycles. The van der Waals surface area contributed by atoms with Crippen LogP contribution in [0.4, 0.5) is 0 Å². The van der Waals surface area contributed by atoms with E-state index in [9.17, 15) is 15.0 Å². The Morgan fingerprint density at radius 3 is 2.72 bits per heavy atom. The number of benzene rings is 1. The number of aliphatic hydroxyl groups excluding tert-OH is 1. The van der Waals surface area contributed by atoms with Gasteiger partial charge in [-0.25, -0.2) is 0 Å². The standard InChI is InChI=1S/C14H19NO3/c1-9-8-10(6-7-12(9)16)14(18)15-11-4-2-3-5-13(11)17/h6-8,11,13,16-17H,2-5H2,1H3,(H,15,18)/t11-,13-/m0/s1. The van der Waals surface area contributed by atoms with Gasteiger partial charge in [-0.15, -0.1) is 0 Å². The molecule has 3 N–H and O–H groups in total. The Hall–Kier alpha value is -1.55. The topological polar surface area (TPSA) is 69.6 Å². The van der Waals surface area contributed by atoms with Crippen LogP contribution < -0.4 is 5.32 Å². The summed E-state index contributed by atoms with van der Waals surface area (Å²) in [6.45, 7) is 1.75. The Bertz CT molecular complexity index is 445. The van der Waals surface area contributed by atoms with Gasteiger partial charge in [-0.2, -0.15) is 0 Å². The molecule has 1 aliphatic rings. The molecule has 2 rings (SSSR count). The van der Waals surface area contributed by atoms with E-state index in [1.807, 2.05) is 0 Å². The first-order valence-electron chi connectivity index (χ1n) is 6.36. The summed E-state index contributed by atoms with van der Waals surface area (Å²) in [5.74, 6) is -0.00620. The second-order valence-corrected chi connectivity index (χ2v) is 4.93. The molecule has 0 saturated heterocycles. The van der Waals surface area contributed by atoms with Crippen LogP contribution in [0.3, 0.4) is 0 Å². The second-order valence-electron chi connectivity index (χ2n) is 4.93. The molecule has 1 aliphatic carbocycles. The summed E-state index contributed by atoms with van der Waals surface area (Å²) in [6, 6.07) is 4.61. The summed E-state index contributed by atoms with van der Waals surface area (Å²) in [4.78, 5) is 12.0. The van der Waals surface area contributed by atoms with E-state index in [0.717, 1.165) is 25.7 Å². The van der Waals surface area contributed by atoms with Crippen molar-refractivity contribution in [2.45, 2.75) is 44.8 Å². The van der Waals surface area contributed by atoms with Gasteiger partial charge in [0, 0.05) is 5.56 Å². The van der Waals surface area contributed by atoms with Crippen LogP contribution in [0.2, 0.25) is 0 Å². The largest absolute Gasteiger partial charge is 0.508 e. The van der Waals surface area contributed by atoms with Crippen molar-refractivity contribution in [1.29, 1.82) is 0 Å². The molecule has 0 radical (unpaired) electrons. The van der Waals surface area contributed by atoms with E-state index in [0.29, 0.717) is 11.1 Å². The summed E-state index contributed by atoms with van der Waals surface area (Å²) >= 11 is 0. The molecule has 0 spiro atoms. The summed E-state index contributed by atoms with van der Waals surface area (Å²) in [6.07, 6.45) is 3.19. The van der Waals surface area contributed by atoms with E-state index < -0.39 is 6.10 Å². The number of phenolic OH excluding ortho intramolecular Hbond substituents is 1. The fourth-order valence-corrected chi connectivity index (χ4v) is 2.33. The van der Waals surface area contributed by atoms with Crippen molar-refractivity contribution in [3.63, 3.8) is 0 Å². The Morgan fingerprint density at radius 1 is 1.33 bits per heavy atom. The number of aromatic hydroxyl groups is 1. The van der Waals surface area contributed by atoms with E-state index in [4.69, 9.17) is 0 Å². The average Bonchev–Trinajstić information content (AvgIpc) is 2.35. The predicted molar refractivity (Wildman–Crippen MR) is 68.6 cm³/mol. The number of rotatable bonds is 2. The van der Waals surface area contributed by atoms with Crippen LogP contribution in [0.25, 0.3) is 0 Å². The highest BCUT2D eigenvalue weighted by Crippen LogP contribution is 2.20. The maximum atomic E-state index is 12.0. The summed E-state index contributed by atoms with van der Waals surface area (Å²) < 4.78 is 0. The van der Waals surface area contributed by atoms with Crippen LogP contribution in [0.1, 0.15) is 41.6 Å². The molecule has 0 unspecified atom stereocenters. The van der Waals surface area contributed by atoms with Crippen LogP contribution in [0.5, 0.6) is 5.75 Å². The third-order valence-corrected chi connectivity index (χ3v) is 3.50. The molecule has 1 aromatic rings. The molecule has 1 saturated carbocycles. The number of carbonyl (C=O) groups is 1. The van der Waals surface area contributed by atoms with Crippen LogP contribution in [-0.4, -0.2) is 28.3 Å². The maximum absolute atomic E-state index is 12.0. The van der Waals surface area contributed by atoms with Gasteiger partial charge >= 0.3 is 0 Å². The summed E-state index contributed by atoms with van der Waals surface area (Å²) in [7, 11) is 0. The molecule has 0 aromatic heterocycles. The molecule has 18 heavy (non-hydrogen) atoms. The van der Waals surface area contributed by atoms with Gasteiger partial charge in [-0.05, 0) is 43.5 Å². The van der Waals surface area contributed by atoms with Gasteiger partial charge in [-0.1, -0.05) is 12.8 Å². The van der Waals surface area contributed by atoms with Gasteiger partial charge in [0.05, 0.1) is 12.1 Å². The minimum Gasteiger partial charge on any atom is -0.508 e. The lowest BCUT2D eigenvalue weighted by Crippen LogP contribution is -2.45. The van der Waals surface area contributed by atoms with Gasteiger partial charge in [0.1, 0.15) is 5.75 Å². The number of hydrogen-bond acceptors (Lipinski definition) is 3. The monoisotopic (exact) mass is 249 g/mol. The third kappa shape index (κ3) is 2.82. The minimum absolute atomic E-state index is 0.152. The van der Waals surface area contributed by atoms with Crippen LogP contribution in [-0.2, 0) is 0 Å². The molecular formula is C14H19NO3. The first-order chi connectivity index (χ1) is 8.58. The predicted octanol–water partition coefficient (Wildman–Crippen LogP) is 1.73. The second kappa shape index (κ2) is 5.40. The van der Waals surface area contributed by atoms with Gasteiger partial charge in [0.25, 0.3) is 5.91 Å². The zero-order chi connectivity index (χ0) is 13.1. The van der Waals surface area contributed by atoms with E-state index in [-0.39, 0.29) is 17.7 Å². The van der Waals surface area contributed by atoms with Crippen molar-refractivity contribution >= 4 is 5.91 Å². The van der Waals surface area contributed by atoms with Crippen LogP contribution in [0, 0.1) is 6.92 Å². The van der Waals surface area contributed by atoms with Crippen molar-refractivity contribution in [2.24, 2.45) is 0 Å². The van der Waals surface area contributed by atoms with Crippen molar-refractivity contribution in [2.75, 3.05) is 0 Å². The maximum Gasteiger partial charge on any atom is 0.251 e. The zero-order valence-electron chi connectivity index (χ0n) is 10.5. The lowest BCUT2D eigenvalue weighted by Gasteiger charge is -2.28. The van der Waals surface area contributed by atoms with E-state index in [2.05, 4.69) is 5.32 Å². The number of carbonyl (C=O) groups excluding carboxylic acids is 1. The van der Waals surface area contributed by atoms with Crippen molar-refractivity contribution in [1.82, 2.24) is 5.32 Å². The highest BCUT2D eigenvalue weighted by atomic mass is 16.3. The molecule has 0 bridgehead atoms. The molecule has 4 nitrogen and oxygen atoms in total. The molecular weight excluding hydrogens is 230 g/mol. The minimum atomic E-state index is -0.444. The van der Waals surface area contributed by atoms with E-state index >= 15 is 0 Å². The molecule has 2 atom stereocenters. The lowest BCUT2D eigenvalue weighted by molar-refractivity contribution is 0.0717. The highest BCUT2D eigenvalue weighted by Gasteiger charge is 2.24. The van der Waals surface area contributed by atoms with Crippen molar-refractivity contribution in [3.8, 4) is 5.75 Å². The number of aryl methyl sites for hydroxylation is 1. The SMILES string of the molecule is Cc1cc(C(=O)N[C@H]2CCCC[C@@H]2O)ccc1O. The normalized spacial score (nSPS) is 23.7. The van der Waals surface area contributed by atoms with Gasteiger partial charge < -0.3 is 15.5 Å². The first-order valence-corrected chi connectivity index (χ1v) is 6.36. The Labute approximate surface area is 107 Å². The Kier molecular flexibility index (Phi) is 3.87. The van der Waals surface area contributed by atoms with E-state index in [1.165, 1.54) is 6.07 Å². The highest BCUT2D eigenvalue weighted by molar-refractivity contribution is 5.94. The first kappa shape index (κ1) is 12.9. The quantitative estimate of drug-likeness (QED) is 0.747. The number of aliphatic hydroxyl groups is 1. The molecule has 98 valence electrons. The lowest BCUT2D eigenvalue weighted by atomic mass is 9.92. The molecule has 4 heteroatoms. The van der Waals surface area contributed by atoms with Gasteiger partial charge in [-0.3, -0.25) is 4.79 Å². The number of amides is 1. The fraction of sp³-hybridized carbons (Fsp3) is 0.500. The van der Waals surface area contributed by atoms with Gasteiger partial charge in [0.2, 0.25) is 0 Å². The van der Waals surface area contributed by atoms with E-state index in [1.54, 1.807) is 19.1 Å². The zero-order valence-corrected chi connectivity index (χ0v) is 10.5. The smallest absolute Gasteiger partial charge is 0.251 e. The summed E-state index contributed by atoms with van der Waals surface area (Å²) in [5.41, 5.74) is 1.19. The fourth-order valence-electron chi connectivity index (χ4n) is 2.33. The molecule has 1 fully saturated rings. The van der Waals surface area contributed by atoms with Crippen LogP contribution >= 0.6 is 0 Å². The van der Waals surface area contributed by atoms with Crippen LogP contribution in [0.15, 0.2) is 18.2 Å². The number of nitrogens with one attached hydrogen (secondary N) is 1. The number of phenols is 1. The van der Waals surface area contributed by atoms with Gasteiger partial charge in [0.15, 0.2) is 0 Å². The molecule has 0 aliphatic heterocycles. The number of hydrogen-bond donors (Lipinski definition) is 3. The summed E-state index contributed by atoms with van der Waals surface area (Å²) in [5, 5.41) is 22.1.